The van der Waals surface area contributed by atoms with E-state index in [-0.39, 0.29) is 25.0 Å². The molecule has 1 aromatic carbocycles. The number of amides is 1. The van der Waals surface area contributed by atoms with Crippen LogP contribution in [0, 0.1) is 11.3 Å². The van der Waals surface area contributed by atoms with E-state index < -0.39 is 11.4 Å². The first-order valence-electron chi connectivity index (χ1n) is 9.08. The van der Waals surface area contributed by atoms with Gasteiger partial charge in [-0.3, -0.25) is 9.59 Å². The van der Waals surface area contributed by atoms with Gasteiger partial charge in [0, 0.05) is 37.8 Å². The van der Waals surface area contributed by atoms with Gasteiger partial charge in [-0.05, 0) is 18.1 Å². The number of likely N-dealkylation sites (tertiary alicyclic amines) is 1. The van der Waals surface area contributed by atoms with Crippen LogP contribution in [-0.2, 0) is 17.6 Å². The van der Waals surface area contributed by atoms with Gasteiger partial charge in [0.05, 0.1) is 17.6 Å². The molecule has 1 fully saturated rings. The minimum atomic E-state index is -1.05. The first-order chi connectivity index (χ1) is 13.0. The molecule has 0 bridgehead atoms. The van der Waals surface area contributed by atoms with E-state index >= 15 is 0 Å². The number of rotatable bonds is 3. The van der Waals surface area contributed by atoms with Gasteiger partial charge < -0.3 is 14.7 Å². The third kappa shape index (κ3) is 2.93. The molecule has 4 rings (SSSR count). The van der Waals surface area contributed by atoms with Gasteiger partial charge in [-0.2, -0.15) is 0 Å². The third-order valence-electron chi connectivity index (χ3n) is 5.60. The Hall–Kier alpha value is -2.96. The van der Waals surface area contributed by atoms with Gasteiger partial charge in [0.1, 0.15) is 11.6 Å². The number of para-hydroxylation sites is 1. The number of benzene rings is 1. The van der Waals surface area contributed by atoms with Crippen molar-refractivity contribution in [2.45, 2.75) is 19.8 Å². The van der Waals surface area contributed by atoms with E-state index in [1.807, 2.05) is 31.2 Å². The standard InChI is InChI=1S/C20H21N3O4/c1-2-17-21-8-14(9-22-17)18(24)23-10-15-11-27-16-6-4-3-5-13(16)7-20(15,12-23)19(25)26/h3-6,8-9,15H,2,7,10-12H2,1H3,(H,25,26)/t15-,20+/m1/s1. The normalized spacial score (nSPS) is 23.7. The van der Waals surface area contributed by atoms with Crippen molar-refractivity contribution in [2.75, 3.05) is 19.7 Å². The zero-order valence-electron chi connectivity index (χ0n) is 15.1. The maximum absolute atomic E-state index is 12.9. The summed E-state index contributed by atoms with van der Waals surface area (Å²) < 4.78 is 5.88. The molecule has 0 unspecified atom stereocenters. The van der Waals surface area contributed by atoms with Crippen molar-refractivity contribution in [2.24, 2.45) is 11.3 Å². The lowest BCUT2D eigenvalue weighted by Gasteiger charge is -2.27. The number of hydrogen-bond acceptors (Lipinski definition) is 5. The minimum absolute atomic E-state index is 0.152. The van der Waals surface area contributed by atoms with Gasteiger partial charge in [-0.25, -0.2) is 9.97 Å². The first-order valence-corrected chi connectivity index (χ1v) is 9.08. The predicted octanol–water partition coefficient (Wildman–Crippen LogP) is 1.82. The lowest BCUT2D eigenvalue weighted by molar-refractivity contribution is -0.150. The Morgan fingerprint density at radius 3 is 2.74 bits per heavy atom. The molecule has 0 saturated carbocycles. The molecule has 1 aromatic heterocycles. The van der Waals surface area contributed by atoms with E-state index in [1.165, 1.54) is 12.4 Å². The topological polar surface area (TPSA) is 92.6 Å². The summed E-state index contributed by atoms with van der Waals surface area (Å²) >= 11 is 0. The lowest BCUT2D eigenvalue weighted by Crippen LogP contribution is -2.42. The second-order valence-electron chi connectivity index (χ2n) is 7.18. The van der Waals surface area contributed by atoms with Gasteiger partial charge >= 0.3 is 5.97 Å². The average Bonchev–Trinajstić information content (AvgIpc) is 2.98. The summed E-state index contributed by atoms with van der Waals surface area (Å²) in [5.41, 5.74) is 0.199. The molecule has 1 amide bonds. The average molecular weight is 367 g/mol. The SMILES string of the molecule is CCc1ncc(C(=O)N2C[C@@H]3COc4ccccc4C[C@]3(C(=O)O)C2)cn1. The number of fused-ring (bicyclic) bond motifs is 2. The quantitative estimate of drug-likeness (QED) is 0.890. The Balaban J connectivity index is 1.63. The minimum Gasteiger partial charge on any atom is -0.493 e. The summed E-state index contributed by atoms with van der Waals surface area (Å²) in [5, 5.41) is 10.1. The molecular formula is C20H21N3O4. The molecule has 0 radical (unpaired) electrons. The molecule has 2 aliphatic rings. The Labute approximate surface area is 157 Å². The van der Waals surface area contributed by atoms with Crippen LogP contribution >= 0.6 is 0 Å². The fourth-order valence-electron chi connectivity index (χ4n) is 4.01. The number of aromatic nitrogens is 2. The number of carbonyl (C=O) groups is 2. The molecule has 7 heteroatoms. The zero-order valence-corrected chi connectivity index (χ0v) is 15.1. The van der Waals surface area contributed by atoms with Crippen molar-refractivity contribution < 1.29 is 19.4 Å². The first kappa shape index (κ1) is 17.5. The highest BCUT2D eigenvalue weighted by Gasteiger charge is 2.55. The van der Waals surface area contributed by atoms with Crippen LogP contribution in [0.15, 0.2) is 36.7 Å². The van der Waals surface area contributed by atoms with E-state index in [2.05, 4.69) is 9.97 Å². The van der Waals surface area contributed by atoms with E-state index in [4.69, 9.17) is 4.74 Å². The van der Waals surface area contributed by atoms with Crippen LogP contribution in [0.5, 0.6) is 5.75 Å². The van der Waals surface area contributed by atoms with Gasteiger partial charge in [0.2, 0.25) is 0 Å². The number of carbonyl (C=O) groups excluding carboxylic acids is 1. The third-order valence-corrected chi connectivity index (χ3v) is 5.60. The predicted molar refractivity (Wildman–Crippen MR) is 96.5 cm³/mol. The second kappa shape index (κ2) is 6.64. The number of hydrogen-bond donors (Lipinski definition) is 1. The molecule has 2 aliphatic heterocycles. The Morgan fingerprint density at radius 1 is 1.30 bits per heavy atom. The number of aliphatic carboxylic acids is 1. The van der Waals surface area contributed by atoms with Gasteiger partial charge in [-0.15, -0.1) is 0 Å². The van der Waals surface area contributed by atoms with Crippen molar-refractivity contribution in [1.29, 1.82) is 0 Å². The Morgan fingerprint density at radius 2 is 2.04 bits per heavy atom. The molecule has 140 valence electrons. The Kier molecular flexibility index (Phi) is 4.30. The molecule has 0 spiro atoms. The molecule has 2 atom stereocenters. The number of nitrogens with zero attached hydrogens (tertiary/aromatic N) is 3. The van der Waals surface area contributed by atoms with Crippen molar-refractivity contribution in [3.05, 3.63) is 53.6 Å². The van der Waals surface area contributed by atoms with Crippen molar-refractivity contribution in [3.63, 3.8) is 0 Å². The summed E-state index contributed by atoms with van der Waals surface area (Å²) in [4.78, 5) is 35.1. The lowest BCUT2D eigenvalue weighted by atomic mass is 9.74. The van der Waals surface area contributed by atoms with E-state index in [1.54, 1.807) is 4.90 Å². The number of carboxylic acids is 1. The maximum atomic E-state index is 12.9. The van der Waals surface area contributed by atoms with Gasteiger partial charge in [0.15, 0.2) is 0 Å². The number of aryl methyl sites for hydroxylation is 1. The number of carboxylic acid groups (broad SMARTS) is 1. The van der Waals surface area contributed by atoms with Crippen LogP contribution in [0.4, 0.5) is 0 Å². The molecule has 27 heavy (non-hydrogen) atoms. The number of ether oxygens (including phenoxy) is 1. The summed E-state index contributed by atoms with van der Waals surface area (Å²) in [6.07, 6.45) is 4.07. The summed E-state index contributed by atoms with van der Waals surface area (Å²) in [5.74, 6) is 0.00148. The van der Waals surface area contributed by atoms with Gasteiger partial charge in [0.25, 0.3) is 5.91 Å². The van der Waals surface area contributed by atoms with Gasteiger partial charge in [-0.1, -0.05) is 25.1 Å². The van der Waals surface area contributed by atoms with Crippen LogP contribution in [0.3, 0.4) is 0 Å². The molecule has 2 aromatic rings. The highest BCUT2D eigenvalue weighted by Crippen LogP contribution is 2.44. The molecular weight excluding hydrogens is 346 g/mol. The summed E-state index contributed by atoms with van der Waals surface area (Å²) in [6.45, 7) is 2.71. The van der Waals surface area contributed by atoms with Crippen LogP contribution in [0.2, 0.25) is 0 Å². The molecule has 1 saturated heterocycles. The highest BCUT2D eigenvalue weighted by molar-refractivity contribution is 5.94. The smallest absolute Gasteiger partial charge is 0.312 e. The van der Waals surface area contributed by atoms with Crippen LogP contribution < -0.4 is 4.74 Å². The van der Waals surface area contributed by atoms with E-state index in [9.17, 15) is 14.7 Å². The van der Waals surface area contributed by atoms with Crippen LogP contribution in [0.1, 0.15) is 28.7 Å². The fraction of sp³-hybridized carbons (Fsp3) is 0.400. The fourth-order valence-corrected chi connectivity index (χ4v) is 4.01. The van der Waals surface area contributed by atoms with Crippen molar-refractivity contribution in [3.8, 4) is 5.75 Å². The molecule has 7 nitrogen and oxygen atoms in total. The van der Waals surface area contributed by atoms with E-state index in [0.717, 1.165) is 11.3 Å². The molecule has 0 aliphatic carbocycles. The second-order valence-corrected chi connectivity index (χ2v) is 7.18. The highest BCUT2D eigenvalue weighted by atomic mass is 16.5. The molecule has 3 heterocycles. The summed E-state index contributed by atoms with van der Waals surface area (Å²) in [6, 6.07) is 7.51. The van der Waals surface area contributed by atoms with E-state index in [0.29, 0.717) is 30.8 Å². The van der Waals surface area contributed by atoms with Crippen LogP contribution in [-0.4, -0.2) is 51.5 Å². The summed E-state index contributed by atoms with van der Waals surface area (Å²) in [7, 11) is 0. The molecule has 1 N–H and O–H groups in total. The monoisotopic (exact) mass is 367 g/mol. The maximum Gasteiger partial charge on any atom is 0.312 e. The Bertz CT molecular complexity index is 883. The largest absolute Gasteiger partial charge is 0.493 e. The van der Waals surface area contributed by atoms with Crippen molar-refractivity contribution >= 4 is 11.9 Å². The van der Waals surface area contributed by atoms with Crippen LogP contribution in [0.25, 0.3) is 0 Å². The van der Waals surface area contributed by atoms with Crippen molar-refractivity contribution in [1.82, 2.24) is 14.9 Å². The zero-order chi connectivity index (χ0) is 19.0.